The first-order chi connectivity index (χ1) is 6.88. The van der Waals surface area contributed by atoms with E-state index < -0.39 is 18.6 Å². The maximum atomic E-state index is 11.9. The zero-order valence-corrected chi connectivity index (χ0v) is 9.74. The van der Waals surface area contributed by atoms with Crippen molar-refractivity contribution >= 4 is 12.4 Å². The number of rotatable bonds is 3. The zero-order chi connectivity index (χ0) is 11.5. The molecule has 16 heavy (non-hydrogen) atoms. The van der Waals surface area contributed by atoms with Crippen molar-refractivity contribution in [1.29, 1.82) is 0 Å². The lowest BCUT2D eigenvalue weighted by molar-refractivity contribution is -0.136. The largest absolute Gasteiger partial charge is 0.389 e. The molecule has 1 nitrogen and oxygen atoms in total. The lowest BCUT2D eigenvalue weighted by atomic mass is 10.0. The van der Waals surface area contributed by atoms with Crippen LogP contribution in [0.25, 0.3) is 0 Å². The van der Waals surface area contributed by atoms with Crippen LogP contribution in [0.4, 0.5) is 13.2 Å². The fraction of sp³-hybridized carbons (Fsp3) is 0.455. The lowest BCUT2D eigenvalue weighted by Gasteiger charge is -2.13. The third-order valence-corrected chi connectivity index (χ3v) is 2.24. The van der Waals surface area contributed by atoms with Gasteiger partial charge in [-0.05, 0) is 18.9 Å². The zero-order valence-electron chi connectivity index (χ0n) is 8.92. The second-order valence-corrected chi connectivity index (χ2v) is 3.67. The van der Waals surface area contributed by atoms with Gasteiger partial charge in [-0.25, -0.2) is 0 Å². The highest BCUT2D eigenvalue weighted by atomic mass is 35.5. The molecule has 0 fully saturated rings. The smallest absolute Gasteiger partial charge is 0.324 e. The van der Waals surface area contributed by atoms with Crippen LogP contribution >= 0.6 is 12.4 Å². The molecule has 0 aliphatic heterocycles. The summed E-state index contributed by atoms with van der Waals surface area (Å²) in [6, 6.07) is 6.71. The van der Waals surface area contributed by atoms with Crippen LogP contribution in [0.1, 0.15) is 30.0 Å². The molecule has 0 aliphatic carbocycles. The normalized spacial score (nSPS) is 13.1. The summed E-state index contributed by atoms with van der Waals surface area (Å²) >= 11 is 0. The first kappa shape index (κ1) is 15.3. The molecular weight excluding hydrogens is 239 g/mol. The maximum Gasteiger partial charge on any atom is 0.389 e. The Hall–Kier alpha value is -0.740. The molecular formula is C11H15ClF3N. The summed E-state index contributed by atoms with van der Waals surface area (Å²) in [5.41, 5.74) is 7.48. The average Bonchev–Trinajstić information content (AvgIpc) is 2.14. The van der Waals surface area contributed by atoms with Gasteiger partial charge in [0.05, 0.1) is 0 Å². The standard InChI is InChI=1S/C11H14F3N.ClH/c1-8-2-4-9(5-3-8)10(15)6-7-11(12,13)14;/h2-5,10H,6-7,15H2,1H3;1H/t10-;/m1./s1. The van der Waals surface area contributed by atoms with E-state index >= 15 is 0 Å². The number of hydrogen-bond acceptors (Lipinski definition) is 1. The van der Waals surface area contributed by atoms with Crippen LogP contribution in [-0.2, 0) is 0 Å². The Kier molecular flexibility index (Phi) is 5.83. The van der Waals surface area contributed by atoms with E-state index in [1.165, 1.54) is 0 Å². The van der Waals surface area contributed by atoms with Crippen molar-refractivity contribution in [2.45, 2.75) is 32.0 Å². The Morgan fingerprint density at radius 3 is 2.12 bits per heavy atom. The van der Waals surface area contributed by atoms with E-state index in [4.69, 9.17) is 5.73 Å². The number of hydrogen-bond donors (Lipinski definition) is 1. The molecule has 2 N–H and O–H groups in total. The third-order valence-electron chi connectivity index (χ3n) is 2.24. The number of halogens is 4. The van der Waals surface area contributed by atoms with Gasteiger partial charge in [0.15, 0.2) is 0 Å². The highest BCUT2D eigenvalue weighted by Crippen LogP contribution is 2.26. The molecule has 1 rings (SSSR count). The minimum atomic E-state index is -4.12. The van der Waals surface area contributed by atoms with Gasteiger partial charge in [0.2, 0.25) is 0 Å². The van der Waals surface area contributed by atoms with E-state index in [1.807, 2.05) is 19.1 Å². The highest BCUT2D eigenvalue weighted by Gasteiger charge is 2.27. The van der Waals surface area contributed by atoms with Gasteiger partial charge < -0.3 is 5.73 Å². The first-order valence-electron chi connectivity index (χ1n) is 4.77. The molecule has 5 heteroatoms. The molecule has 1 aromatic carbocycles. The topological polar surface area (TPSA) is 26.0 Å². The summed E-state index contributed by atoms with van der Waals surface area (Å²) in [7, 11) is 0. The molecule has 0 saturated carbocycles. The maximum absolute atomic E-state index is 11.9. The van der Waals surface area contributed by atoms with Crippen LogP contribution < -0.4 is 5.73 Å². The van der Waals surface area contributed by atoms with E-state index in [0.29, 0.717) is 0 Å². The van der Waals surface area contributed by atoms with E-state index in [0.717, 1.165) is 11.1 Å². The van der Waals surface area contributed by atoms with Crippen LogP contribution in [0.15, 0.2) is 24.3 Å². The van der Waals surface area contributed by atoms with Gasteiger partial charge in [0, 0.05) is 12.5 Å². The summed E-state index contributed by atoms with van der Waals surface area (Å²) in [4.78, 5) is 0. The van der Waals surface area contributed by atoms with Crippen molar-refractivity contribution in [2.24, 2.45) is 5.73 Å². The Balaban J connectivity index is 0.00000225. The lowest BCUT2D eigenvalue weighted by Crippen LogP contribution is -2.15. The third kappa shape index (κ3) is 5.37. The second-order valence-electron chi connectivity index (χ2n) is 3.67. The minimum absolute atomic E-state index is 0. The van der Waals surface area contributed by atoms with Gasteiger partial charge in [-0.3, -0.25) is 0 Å². The molecule has 0 saturated heterocycles. The van der Waals surface area contributed by atoms with Crippen LogP contribution in [0, 0.1) is 6.92 Å². The van der Waals surface area contributed by atoms with E-state index in [-0.39, 0.29) is 18.8 Å². The van der Waals surface area contributed by atoms with E-state index in [1.54, 1.807) is 12.1 Å². The monoisotopic (exact) mass is 253 g/mol. The SMILES string of the molecule is Cc1ccc([C@H](N)CCC(F)(F)F)cc1.Cl. The Morgan fingerprint density at radius 2 is 1.69 bits per heavy atom. The molecule has 0 aromatic heterocycles. The van der Waals surface area contributed by atoms with Crippen LogP contribution in [-0.4, -0.2) is 6.18 Å². The Labute approximate surface area is 99.2 Å². The summed E-state index contributed by atoms with van der Waals surface area (Å²) in [6.45, 7) is 1.92. The van der Waals surface area contributed by atoms with Crippen molar-refractivity contribution in [3.63, 3.8) is 0 Å². The summed E-state index contributed by atoms with van der Waals surface area (Å²) in [5.74, 6) is 0. The van der Waals surface area contributed by atoms with Crippen molar-refractivity contribution in [1.82, 2.24) is 0 Å². The van der Waals surface area contributed by atoms with E-state index in [2.05, 4.69) is 0 Å². The first-order valence-corrected chi connectivity index (χ1v) is 4.77. The molecule has 0 radical (unpaired) electrons. The molecule has 0 heterocycles. The molecule has 0 spiro atoms. The van der Waals surface area contributed by atoms with Crippen LogP contribution in [0.3, 0.4) is 0 Å². The fourth-order valence-corrected chi connectivity index (χ4v) is 1.30. The molecule has 0 unspecified atom stereocenters. The second kappa shape index (κ2) is 6.11. The van der Waals surface area contributed by atoms with Crippen molar-refractivity contribution in [3.8, 4) is 0 Å². The van der Waals surface area contributed by atoms with Gasteiger partial charge in [0.1, 0.15) is 0 Å². The molecule has 0 amide bonds. The molecule has 92 valence electrons. The number of nitrogens with two attached hydrogens (primary N) is 1. The predicted molar refractivity (Wildman–Crippen MR) is 60.6 cm³/mol. The molecule has 1 atom stereocenters. The van der Waals surface area contributed by atoms with Gasteiger partial charge in [-0.1, -0.05) is 29.8 Å². The highest BCUT2D eigenvalue weighted by molar-refractivity contribution is 5.85. The summed E-state index contributed by atoms with van der Waals surface area (Å²) < 4.78 is 35.8. The fourth-order valence-electron chi connectivity index (χ4n) is 1.30. The Morgan fingerprint density at radius 1 is 1.19 bits per heavy atom. The average molecular weight is 254 g/mol. The summed E-state index contributed by atoms with van der Waals surface area (Å²) in [5, 5.41) is 0. The van der Waals surface area contributed by atoms with Crippen LogP contribution in [0.2, 0.25) is 0 Å². The quantitative estimate of drug-likeness (QED) is 0.872. The summed E-state index contributed by atoms with van der Waals surface area (Å²) in [6.07, 6.45) is -5.02. The van der Waals surface area contributed by atoms with Gasteiger partial charge in [-0.2, -0.15) is 13.2 Å². The van der Waals surface area contributed by atoms with Gasteiger partial charge >= 0.3 is 6.18 Å². The molecule has 0 bridgehead atoms. The van der Waals surface area contributed by atoms with E-state index in [9.17, 15) is 13.2 Å². The molecule has 1 aromatic rings. The van der Waals surface area contributed by atoms with Gasteiger partial charge in [-0.15, -0.1) is 12.4 Å². The minimum Gasteiger partial charge on any atom is -0.324 e. The molecule has 0 aliphatic rings. The van der Waals surface area contributed by atoms with Crippen LogP contribution in [0.5, 0.6) is 0 Å². The van der Waals surface area contributed by atoms with Crippen molar-refractivity contribution in [3.05, 3.63) is 35.4 Å². The number of aryl methyl sites for hydroxylation is 1. The van der Waals surface area contributed by atoms with Crippen molar-refractivity contribution in [2.75, 3.05) is 0 Å². The van der Waals surface area contributed by atoms with Gasteiger partial charge in [0.25, 0.3) is 0 Å². The Bertz CT molecular complexity index is 308. The predicted octanol–water partition coefficient (Wildman–Crippen LogP) is 3.76. The number of benzene rings is 1. The van der Waals surface area contributed by atoms with Crippen molar-refractivity contribution < 1.29 is 13.2 Å². The number of alkyl halides is 3.